The molecule has 2 rings (SSSR count). The third-order valence-electron chi connectivity index (χ3n) is 3.66. The van der Waals surface area contributed by atoms with Gasteiger partial charge in [0, 0.05) is 23.7 Å². The minimum absolute atomic E-state index is 0.0403. The average molecular weight is 287 g/mol. The molecule has 0 spiro atoms. The van der Waals surface area contributed by atoms with Crippen LogP contribution in [0.25, 0.3) is 11.0 Å². The molecule has 0 unspecified atom stereocenters. The van der Waals surface area contributed by atoms with E-state index in [0.29, 0.717) is 0 Å². The zero-order valence-corrected chi connectivity index (χ0v) is 13.1. The fourth-order valence-corrected chi connectivity index (χ4v) is 2.54. The van der Waals surface area contributed by atoms with E-state index in [9.17, 15) is 4.79 Å². The second kappa shape index (κ2) is 7.81. The summed E-state index contributed by atoms with van der Waals surface area (Å²) in [5.41, 5.74) is 4.88. The Morgan fingerprint density at radius 1 is 1.19 bits per heavy atom. The highest BCUT2D eigenvalue weighted by Gasteiger charge is 2.09. The van der Waals surface area contributed by atoms with Crippen LogP contribution >= 0.6 is 0 Å². The minimum Gasteiger partial charge on any atom is -0.321 e. The summed E-state index contributed by atoms with van der Waals surface area (Å²) >= 11 is 0. The van der Waals surface area contributed by atoms with Crippen molar-refractivity contribution in [3.05, 3.63) is 40.3 Å². The van der Waals surface area contributed by atoms with Crippen LogP contribution in [-0.2, 0) is 6.42 Å². The normalized spacial score (nSPS) is 11.0. The van der Waals surface area contributed by atoms with Gasteiger partial charge in [-0.2, -0.15) is 0 Å². The Morgan fingerprint density at radius 2 is 2.05 bits per heavy atom. The van der Waals surface area contributed by atoms with Crippen molar-refractivity contribution < 1.29 is 0 Å². The lowest BCUT2D eigenvalue weighted by molar-refractivity contribution is 0.658. The third kappa shape index (κ3) is 3.84. The molecule has 0 bridgehead atoms. The fraction of sp³-hybridized carbons (Fsp3) is 0.529. The lowest BCUT2D eigenvalue weighted by Crippen LogP contribution is -2.32. The second-order valence-corrected chi connectivity index (χ2v) is 5.45. The van der Waals surface area contributed by atoms with Crippen LogP contribution in [0.4, 0.5) is 0 Å². The Balaban J connectivity index is 2.26. The van der Waals surface area contributed by atoms with Gasteiger partial charge in [0.25, 0.3) is 5.56 Å². The van der Waals surface area contributed by atoms with Crippen molar-refractivity contribution in [2.24, 2.45) is 0 Å². The zero-order chi connectivity index (χ0) is 15.1. The maximum Gasteiger partial charge on any atom is 0.274 e. The van der Waals surface area contributed by atoms with Gasteiger partial charge in [-0.3, -0.25) is 4.79 Å². The summed E-state index contributed by atoms with van der Waals surface area (Å²) in [6.07, 6.45) is 8.24. The predicted molar refractivity (Wildman–Crippen MR) is 88.4 cm³/mol. The third-order valence-corrected chi connectivity index (χ3v) is 3.66. The van der Waals surface area contributed by atoms with E-state index >= 15 is 0 Å². The van der Waals surface area contributed by atoms with Gasteiger partial charge in [0.2, 0.25) is 0 Å². The number of rotatable bonds is 8. The minimum atomic E-state index is 0.0403. The van der Waals surface area contributed by atoms with Gasteiger partial charge in [-0.15, -0.1) is 0 Å². The molecule has 2 aromatic heterocycles. The summed E-state index contributed by atoms with van der Waals surface area (Å²) in [6.45, 7) is 5.10. The zero-order valence-electron chi connectivity index (χ0n) is 13.1. The first-order valence-electron chi connectivity index (χ1n) is 8.01. The SMILES string of the molecule is CCCCCCNn1c(=O)c(CCC)cc2cccnc21. The summed E-state index contributed by atoms with van der Waals surface area (Å²) in [5.74, 6) is 0. The highest BCUT2D eigenvalue weighted by molar-refractivity contribution is 5.75. The number of unbranched alkanes of at least 4 members (excludes halogenated alkanes) is 3. The number of fused-ring (bicyclic) bond motifs is 1. The summed E-state index contributed by atoms with van der Waals surface area (Å²) in [6, 6.07) is 5.90. The van der Waals surface area contributed by atoms with Gasteiger partial charge in [-0.25, -0.2) is 9.66 Å². The van der Waals surface area contributed by atoms with E-state index in [4.69, 9.17) is 0 Å². The Bertz CT molecular complexity index is 633. The maximum absolute atomic E-state index is 12.6. The molecule has 0 aliphatic carbocycles. The van der Waals surface area contributed by atoms with E-state index < -0.39 is 0 Å². The molecule has 21 heavy (non-hydrogen) atoms. The molecule has 0 saturated heterocycles. The molecule has 4 heteroatoms. The van der Waals surface area contributed by atoms with E-state index in [1.165, 1.54) is 19.3 Å². The van der Waals surface area contributed by atoms with Gasteiger partial charge in [0.05, 0.1) is 0 Å². The standard InChI is InChI=1S/C17H25N3O/c1-3-5-6-7-12-19-20-16-14(10-8-11-18-16)13-15(9-4-2)17(20)21/h8,10-11,13,19H,3-7,9,12H2,1-2H3. The number of nitrogens with one attached hydrogen (secondary N) is 1. The van der Waals surface area contributed by atoms with E-state index in [1.807, 2.05) is 18.2 Å². The topological polar surface area (TPSA) is 46.9 Å². The molecule has 0 fully saturated rings. The Kier molecular flexibility index (Phi) is 5.78. The van der Waals surface area contributed by atoms with Crippen molar-refractivity contribution in [3.8, 4) is 0 Å². The van der Waals surface area contributed by atoms with E-state index in [-0.39, 0.29) is 5.56 Å². The Hall–Kier alpha value is -1.84. The molecule has 0 amide bonds. The van der Waals surface area contributed by atoms with Crippen molar-refractivity contribution >= 4 is 11.0 Å². The number of aryl methyl sites for hydroxylation is 1. The highest BCUT2D eigenvalue weighted by atomic mass is 16.1. The van der Waals surface area contributed by atoms with Gasteiger partial charge in [0.1, 0.15) is 0 Å². The summed E-state index contributed by atoms with van der Waals surface area (Å²) in [4.78, 5) is 16.9. The molecule has 0 atom stereocenters. The lowest BCUT2D eigenvalue weighted by Gasteiger charge is -2.13. The summed E-state index contributed by atoms with van der Waals surface area (Å²) < 4.78 is 1.63. The first-order chi connectivity index (χ1) is 10.3. The van der Waals surface area contributed by atoms with Crippen molar-refractivity contribution in [2.75, 3.05) is 12.0 Å². The fourth-order valence-electron chi connectivity index (χ4n) is 2.54. The van der Waals surface area contributed by atoms with Crippen LogP contribution in [0.2, 0.25) is 0 Å². The Labute approximate surface area is 126 Å². The van der Waals surface area contributed by atoms with Gasteiger partial charge in [-0.1, -0.05) is 39.5 Å². The summed E-state index contributed by atoms with van der Waals surface area (Å²) in [5, 5.41) is 1.02. The molecule has 0 aliphatic heterocycles. The van der Waals surface area contributed by atoms with Crippen molar-refractivity contribution in [1.29, 1.82) is 0 Å². The molecular formula is C17H25N3O. The van der Waals surface area contributed by atoms with Gasteiger partial charge in [0.15, 0.2) is 5.65 Å². The predicted octanol–water partition coefficient (Wildman–Crippen LogP) is 3.47. The number of aromatic nitrogens is 2. The molecule has 2 aromatic rings. The lowest BCUT2D eigenvalue weighted by atomic mass is 10.1. The van der Waals surface area contributed by atoms with Gasteiger partial charge < -0.3 is 5.43 Å². The molecule has 2 heterocycles. The maximum atomic E-state index is 12.6. The largest absolute Gasteiger partial charge is 0.321 e. The molecule has 0 aliphatic rings. The highest BCUT2D eigenvalue weighted by Crippen LogP contribution is 2.11. The molecule has 4 nitrogen and oxygen atoms in total. The molecule has 0 radical (unpaired) electrons. The number of hydrogen-bond donors (Lipinski definition) is 1. The summed E-state index contributed by atoms with van der Waals surface area (Å²) in [7, 11) is 0. The quantitative estimate of drug-likeness (QED) is 0.756. The average Bonchev–Trinajstić information content (AvgIpc) is 2.50. The van der Waals surface area contributed by atoms with Crippen LogP contribution in [0.5, 0.6) is 0 Å². The smallest absolute Gasteiger partial charge is 0.274 e. The monoisotopic (exact) mass is 287 g/mol. The van der Waals surface area contributed by atoms with Crippen LogP contribution in [-0.4, -0.2) is 16.2 Å². The van der Waals surface area contributed by atoms with Crippen LogP contribution in [0, 0.1) is 0 Å². The molecule has 1 N–H and O–H groups in total. The number of pyridine rings is 2. The van der Waals surface area contributed by atoms with Gasteiger partial charge in [-0.05, 0) is 31.0 Å². The molecule has 114 valence electrons. The Morgan fingerprint density at radius 3 is 2.81 bits per heavy atom. The second-order valence-electron chi connectivity index (χ2n) is 5.45. The first kappa shape index (κ1) is 15.5. The molecular weight excluding hydrogens is 262 g/mol. The van der Waals surface area contributed by atoms with E-state index in [1.54, 1.807) is 10.9 Å². The molecule has 0 aromatic carbocycles. The van der Waals surface area contributed by atoms with Crippen LogP contribution in [0.15, 0.2) is 29.2 Å². The van der Waals surface area contributed by atoms with Crippen LogP contribution < -0.4 is 11.0 Å². The molecule has 0 saturated carbocycles. The van der Waals surface area contributed by atoms with E-state index in [0.717, 1.165) is 42.4 Å². The van der Waals surface area contributed by atoms with Crippen molar-refractivity contribution in [2.45, 2.75) is 52.4 Å². The van der Waals surface area contributed by atoms with E-state index in [2.05, 4.69) is 24.3 Å². The van der Waals surface area contributed by atoms with Crippen molar-refractivity contribution in [3.63, 3.8) is 0 Å². The number of hydrogen-bond acceptors (Lipinski definition) is 3. The number of nitrogens with zero attached hydrogens (tertiary/aromatic N) is 2. The van der Waals surface area contributed by atoms with Crippen LogP contribution in [0.1, 0.15) is 51.5 Å². The first-order valence-corrected chi connectivity index (χ1v) is 8.01. The van der Waals surface area contributed by atoms with Crippen molar-refractivity contribution in [1.82, 2.24) is 9.66 Å². The van der Waals surface area contributed by atoms with Crippen LogP contribution in [0.3, 0.4) is 0 Å². The van der Waals surface area contributed by atoms with Gasteiger partial charge >= 0.3 is 0 Å².